The second kappa shape index (κ2) is 5.64. The number of hydrogen-bond acceptors (Lipinski definition) is 0. The molecule has 25 heavy (non-hydrogen) atoms. The summed E-state index contributed by atoms with van der Waals surface area (Å²) in [5, 5.41) is -0.155. The van der Waals surface area contributed by atoms with Crippen molar-refractivity contribution in [3.8, 4) is 16.8 Å². The number of fused-ring (bicyclic) bond motifs is 3. The lowest BCUT2D eigenvalue weighted by Crippen LogP contribution is -1.94. The minimum absolute atomic E-state index is 0.0730. The summed E-state index contributed by atoms with van der Waals surface area (Å²) in [6, 6.07) is -0.453. The van der Waals surface area contributed by atoms with Crippen molar-refractivity contribution in [3.63, 3.8) is 0 Å². The second-order valence-corrected chi connectivity index (χ2v) is 5.33. The van der Waals surface area contributed by atoms with E-state index in [1.54, 1.807) is 6.07 Å². The Morgan fingerprint density at radius 1 is 0.600 bits per heavy atom. The van der Waals surface area contributed by atoms with Gasteiger partial charge in [-0.05, 0) is 35.3 Å². The van der Waals surface area contributed by atoms with Crippen molar-refractivity contribution < 1.29 is 17.8 Å². The average molecular weight is 332 g/mol. The maximum atomic E-state index is 8.60. The van der Waals surface area contributed by atoms with Crippen LogP contribution >= 0.6 is 0 Å². The fraction of sp³-hybridized carbons (Fsp3) is 0. The molecular formula is C24H17N. The summed E-state index contributed by atoms with van der Waals surface area (Å²) < 4.78 is 109. The molecule has 0 bridgehead atoms. The average Bonchev–Trinajstić information content (AvgIpc) is 3.27. The zero-order chi connectivity index (χ0) is 28.0. The molecule has 0 aliphatic rings. The zero-order valence-corrected chi connectivity index (χ0v) is 12.8. The number of aromatic nitrogens is 1. The Labute approximate surface area is 165 Å². The molecular weight excluding hydrogens is 302 g/mol. The second-order valence-electron chi connectivity index (χ2n) is 5.33. The molecule has 1 heteroatoms. The minimum Gasteiger partial charge on any atom is -0.309 e. The van der Waals surface area contributed by atoms with Crippen LogP contribution in [0.3, 0.4) is 0 Å². The van der Waals surface area contributed by atoms with Gasteiger partial charge in [-0.2, -0.15) is 0 Å². The van der Waals surface area contributed by atoms with Gasteiger partial charge in [0.1, 0.15) is 0 Å². The highest BCUT2D eigenvalue weighted by Crippen LogP contribution is 2.32. The Bertz CT molecular complexity index is 1750. The van der Waals surface area contributed by atoms with Crippen LogP contribution in [0.1, 0.15) is 17.8 Å². The van der Waals surface area contributed by atoms with Crippen molar-refractivity contribution in [1.82, 2.24) is 4.57 Å². The van der Waals surface area contributed by atoms with Crippen molar-refractivity contribution in [3.05, 3.63) is 103 Å². The van der Waals surface area contributed by atoms with Crippen molar-refractivity contribution >= 4 is 21.8 Å². The van der Waals surface area contributed by atoms with Crippen molar-refractivity contribution in [2.45, 2.75) is 0 Å². The standard InChI is InChI=1S/C24H17N/c1-2-9-18(10-3-1)19-11-8-12-20(17-19)25-23-15-6-4-13-21(23)22-14-5-7-16-24(22)25/h1-17H/i1D,2D,3D,4D,5D,6D,7D,9D,10D,13D,14D,15D,16D. The molecule has 1 heterocycles. The van der Waals surface area contributed by atoms with Crippen LogP contribution in [0.5, 0.6) is 0 Å². The number of nitrogens with zero attached hydrogens (tertiary/aromatic N) is 1. The molecule has 0 N–H and O–H groups in total. The first-order valence-electron chi connectivity index (χ1n) is 14.0. The fourth-order valence-electron chi connectivity index (χ4n) is 2.87. The topological polar surface area (TPSA) is 4.93 Å². The van der Waals surface area contributed by atoms with Crippen LogP contribution in [0.25, 0.3) is 38.6 Å². The van der Waals surface area contributed by atoms with Crippen LogP contribution < -0.4 is 0 Å². The molecule has 0 amide bonds. The van der Waals surface area contributed by atoms with Gasteiger partial charge in [-0.15, -0.1) is 0 Å². The van der Waals surface area contributed by atoms with E-state index in [9.17, 15) is 0 Å². The van der Waals surface area contributed by atoms with Gasteiger partial charge in [0.15, 0.2) is 0 Å². The molecule has 0 aliphatic carbocycles. The third-order valence-corrected chi connectivity index (χ3v) is 3.93. The Morgan fingerprint density at radius 2 is 1.20 bits per heavy atom. The molecule has 0 fully saturated rings. The van der Waals surface area contributed by atoms with Gasteiger partial charge < -0.3 is 4.57 Å². The Kier molecular flexibility index (Phi) is 1.40. The predicted octanol–water partition coefficient (Wildman–Crippen LogP) is 6.45. The van der Waals surface area contributed by atoms with Crippen LogP contribution in [0, 0.1) is 0 Å². The Balaban J connectivity index is 2.00. The van der Waals surface area contributed by atoms with Gasteiger partial charge in [-0.25, -0.2) is 0 Å². The number of hydrogen-bond donors (Lipinski definition) is 0. The van der Waals surface area contributed by atoms with E-state index in [0.717, 1.165) is 0 Å². The summed E-state index contributed by atoms with van der Waals surface area (Å²) in [7, 11) is 0. The summed E-state index contributed by atoms with van der Waals surface area (Å²) in [6.45, 7) is 0. The molecule has 5 rings (SSSR count). The molecule has 0 aliphatic heterocycles. The summed E-state index contributed by atoms with van der Waals surface area (Å²) in [5.74, 6) is 0. The molecule has 1 aromatic heterocycles. The van der Waals surface area contributed by atoms with E-state index in [2.05, 4.69) is 0 Å². The predicted molar refractivity (Wildman–Crippen MR) is 106 cm³/mol. The lowest BCUT2D eigenvalue weighted by molar-refractivity contribution is 1.18. The summed E-state index contributed by atoms with van der Waals surface area (Å²) in [5.41, 5.74) is 0.204. The van der Waals surface area contributed by atoms with Gasteiger partial charge in [0.2, 0.25) is 0 Å². The summed E-state index contributed by atoms with van der Waals surface area (Å²) in [4.78, 5) is 0. The van der Waals surface area contributed by atoms with E-state index in [1.807, 2.05) is 0 Å². The first kappa shape index (κ1) is 6.20. The van der Waals surface area contributed by atoms with E-state index in [0.29, 0.717) is 0 Å². The van der Waals surface area contributed by atoms with Gasteiger partial charge in [0.05, 0.1) is 28.9 Å². The molecule has 5 aromatic rings. The van der Waals surface area contributed by atoms with E-state index in [1.165, 1.54) is 22.8 Å². The highest BCUT2D eigenvalue weighted by Gasteiger charge is 2.11. The van der Waals surface area contributed by atoms with Crippen molar-refractivity contribution in [2.75, 3.05) is 0 Å². The molecule has 1 nitrogen and oxygen atoms in total. The quantitative estimate of drug-likeness (QED) is 0.350. The maximum absolute atomic E-state index is 8.60. The minimum atomic E-state index is -0.554. The Hall–Kier alpha value is -3.32. The van der Waals surface area contributed by atoms with Gasteiger partial charge in [-0.3, -0.25) is 0 Å². The monoisotopic (exact) mass is 332 g/mol. The van der Waals surface area contributed by atoms with Crippen LogP contribution in [-0.2, 0) is 0 Å². The SMILES string of the molecule is [2H]c1c([2H])c([2H])c(-c2cccc(-n3c4c([2H])c([2H])c([2H])c([2H])c4c4c([2H])c([2H])c([2H])c([2H])c43)c2)c([2H])c1[2H]. The molecule has 0 spiro atoms. The number of benzene rings is 4. The lowest BCUT2D eigenvalue weighted by atomic mass is 10.1. The van der Waals surface area contributed by atoms with Gasteiger partial charge in [0.25, 0.3) is 0 Å². The Morgan fingerprint density at radius 3 is 1.88 bits per heavy atom. The van der Waals surface area contributed by atoms with Gasteiger partial charge in [0, 0.05) is 16.5 Å². The third kappa shape index (κ3) is 2.25. The van der Waals surface area contributed by atoms with Gasteiger partial charge in [-0.1, -0.05) is 78.6 Å². The molecule has 0 radical (unpaired) electrons. The lowest BCUT2D eigenvalue weighted by Gasteiger charge is -2.10. The van der Waals surface area contributed by atoms with Crippen LogP contribution in [0.15, 0.2) is 103 Å². The highest BCUT2D eigenvalue weighted by molar-refractivity contribution is 6.09. The first-order valence-corrected chi connectivity index (χ1v) is 7.49. The number of rotatable bonds is 2. The summed E-state index contributed by atoms with van der Waals surface area (Å²) >= 11 is 0. The van der Waals surface area contributed by atoms with Crippen LogP contribution in [-0.4, -0.2) is 4.57 Å². The summed E-state index contributed by atoms with van der Waals surface area (Å²) in [6.07, 6.45) is 0. The van der Waals surface area contributed by atoms with E-state index in [-0.39, 0.29) is 38.6 Å². The molecule has 4 aromatic carbocycles. The van der Waals surface area contributed by atoms with Crippen LogP contribution in [0.4, 0.5) is 0 Å². The van der Waals surface area contributed by atoms with Gasteiger partial charge >= 0.3 is 0 Å². The molecule has 0 unspecified atom stereocenters. The van der Waals surface area contributed by atoms with Crippen LogP contribution in [0.2, 0.25) is 0 Å². The number of para-hydroxylation sites is 2. The molecule has 0 saturated heterocycles. The third-order valence-electron chi connectivity index (χ3n) is 3.93. The van der Waals surface area contributed by atoms with Crippen molar-refractivity contribution in [1.29, 1.82) is 0 Å². The normalized spacial score (nSPS) is 18.5. The van der Waals surface area contributed by atoms with E-state index >= 15 is 0 Å². The van der Waals surface area contributed by atoms with E-state index in [4.69, 9.17) is 17.8 Å². The smallest absolute Gasteiger partial charge is 0.0645 e. The van der Waals surface area contributed by atoms with Crippen molar-refractivity contribution in [2.24, 2.45) is 0 Å². The van der Waals surface area contributed by atoms with E-state index < -0.39 is 78.6 Å². The highest BCUT2D eigenvalue weighted by atomic mass is 15.0. The maximum Gasteiger partial charge on any atom is 0.0645 e. The fourth-order valence-corrected chi connectivity index (χ4v) is 2.87. The first-order chi connectivity index (χ1) is 17.8. The molecule has 0 atom stereocenters. The molecule has 0 saturated carbocycles. The molecule has 118 valence electrons. The largest absolute Gasteiger partial charge is 0.309 e. The zero-order valence-electron chi connectivity index (χ0n) is 25.8.